The van der Waals surface area contributed by atoms with Gasteiger partial charge in [0.15, 0.2) is 11.0 Å². The van der Waals surface area contributed by atoms with Crippen LogP contribution in [0.3, 0.4) is 0 Å². The van der Waals surface area contributed by atoms with Crippen molar-refractivity contribution in [2.45, 2.75) is 24.4 Å². The van der Waals surface area contributed by atoms with Crippen molar-refractivity contribution in [3.63, 3.8) is 0 Å². The molecule has 24 heavy (non-hydrogen) atoms. The van der Waals surface area contributed by atoms with E-state index in [4.69, 9.17) is 34.8 Å². The zero-order valence-electron chi connectivity index (χ0n) is 12.8. The van der Waals surface area contributed by atoms with E-state index < -0.39 is 0 Å². The van der Waals surface area contributed by atoms with E-state index in [0.717, 1.165) is 39.4 Å². The highest BCUT2D eigenvalue weighted by atomic mass is 35.5. The number of rotatable bonds is 5. The average Bonchev–Trinajstić information content (AvgIpc) is 2.95. The summed E-state index contributed by atoms with van der Waals surface area (Å²) in [6, 6.07) is 13.2. The topological polar surface area (TPSA) is 30.7 Å². The van der Waals surface area contributed by atoms with Gasteiger partial charge in [-0.25, -0.2) is 0 Å². The summed E-state index contributed by atoms with van der Waals surface area (Å²) in [6.45, 7) is 2.80. The van der Waals surface area contributed by atoms with Crippen molar-refractivity contribution in [1.82, 2.24) is 14.8 Å². The molecule has 0 saturated heterocycles. The van der Waals surface area contributed by atoms with Crippen LogP contribution >= 0.6 is 46.6 Å². The molecule has 0 spiro atoms. The van der Waals surface area contributed by atoms with Crippen LogP contribution in [0.1, 0.15) is 12.5 Å². The summed E-state index contributed by atoms with van der Waals surface area (Å²) in [5.74, 6) is 1.51. The van der Waals surface area contributed by atoms with E-state index >= 15 is 0 Å². The van der Waals surface area contributed by atoms with Crippen molar-refractivity contribution < 1.29 is 0 Å². The van der Waals surface area contributed by atoms with E-state index in [1.807, 2.05) is 34.9 Å². The first-order valence-corrected chi connectivity index (χ1v) is 9.46. The Morgan fingerprint density at radius 1 is 1.00 bits per heavy atom. The molecular weight excluding hydrogens is 385 g/mol. The lowest BCUT2D eigenvalue weighted by molar-refractivity contribution is 0.687. The molecule has 1 heterocycles. The number of hydrogen-bond donors (Lipinski definition) is 0. The Kier molecular flexibility index (Phi) is 5.72. The molecule has 0 saturated carbocycles. The summed E-state index contributed by atoms with van der Waals surface area (Å²) >= 11 is 19.9. The molecule has 0 aliphatic heterocycles. The average molecular weight is 399 g/mol. The van der Waals surface area contributed by atoms with Gasteiger partial charge < -0.3 is 4.57 Å². The van der Waals surface area contributed by atoms with Crippen LogP contribution in [-0.4, -0.2) is 14.8 Å². The second kappa shape index (κ2) is 7.79. The summed E-state index contributed by atoms with van der Waals surface area (Å²) in [4.78, 5) is 0. The summed E-state index contributed by atoms with van der Waals surface area (Å²) in [5.41, 5.74) is 1.97. The molecule has 0 atom stereocenters. The predicted octanol–water partition coefficient (Wildman–Crippen LogP) is 6.22. The molecule has 3 rings (SSSR count). The van der Waals surface area contributed by atoms with Gasteiger partial charge in [0, 0.05) is 27.9 Å². The fraction of sp³-hybridized carbons (Fsp3) is 0.176. The lowest BCUT2D eigenvalue weighted by Gasteiger charge is -2.09. The van der Waals surface area contributed by atoms with Crippen LogP contribution in [0.2, 0.25) is 15.1 Å². The Balaban J connectivity index is 1.87. The Morgan fingerprint density at radius 2 is 1.79 bits per heavy atom. The number of halogens is 3. The van der Waals surface area contributed by atoms with Crippen LogP contribution in [0.5, 0.6) is 0 Å². The first-order chi connectivity index (χ1) is 11.6. The number of thioether (sulfide) groups is 1. The third-order valence-corrected chi connectivity index (χ3v) is 5.28. The first kappa shape index (κ1) is 17.6. The van der Waals surface area contributed by atoms with Crippen molar-refractivity contribution >= 4 is 46.6 Å². The van der Waals surface area contributed by atoms with Crippen LogP contribution in [0.15, 0.2) is 47.6 Å². The molecule has 0 radical (unpaired) electrons. The predicted molar refractivity (Wildman–Crippen MR) is 102 cm³/mol. The molecule has 0 aliphatic carbocycles. The highest BCUT2D eigenvalue weighted by molar-refractivity contribution is 7.98. The molecular formula is C17H14Cl3N3S. The molecule has 7 heteroatoms. The molecule has 0 fully saturated rings. The second-order valence-electron chi connectivity index (χ2n) is 5.09. The zero-order chi connectivity index (χ0) is 17.1. The van der Waals surface area contributed by atoms with Gasteiger partial charge >= 0.3 is 0 Å². The minimum Gasteiger partial charge on any atom is -0.302 e. The van der Waals surface area contributed by atoms with Gasteiger partial charge in [-0.1, -0.05) is 58.7 Å². The highest BCUT2D eigenvalue weighted by Crippen LogP contribution is 2.32. The maximum Gasteiger partial charge on any atom is 0.191 e. The van der Waals surface area contributed by atoms with Crippen molar-refractivity contribution in [3.8, 4) is 11.4 Å². The number of aromatic nitrogens is 3. The Labute approximate surface area is 160 Å². The van der Waals surface area contributed by atoms with Gasteiger partial charge in [0.25, 0.3) is 0 Å². The van der Waals surface area contributed by atoms with E-state index in [1.165, 1.54) is 0 Å². The van der Waals surface area contributed by atoms with Crippen LogP contribution in [0.25, 0.3) is 11.4 Å². The van der Waals surface area contributed by atoms with Gasteiger partial charge in [0.2, 0.25) is 0 Å². The van der Waals surface area contributed by atoms with Gasteiger partial charge in [-0.15, -0.1) is 10.2 Å². The van der Waals surface area contributed by atoms with E-state index in [2.05, 4.69) is 17.1 Å². The standard InChI is InChI=1S/C17H14Cl3N3S/c1-2-23-16(14-7-6-13(19)9-15(14)20)21-22-17(23)24-10-11-4-3-5-12(18)8-11/h3-9H,2,10H2,1H3. The van der Waals surface area contributed by atoms with E-state index in [-0.39, 0.29) is 0 Å². The van der Waals surface area contributed by atoms with Crippen LogP contribution in [0.4, 0.5) is 0 Å². The van der Waals surface area contributed by atoms with Crippen molar-refractivity contribution in [2.24, 2.45) is 0 Å². The molecule has 0 amide bonds. The SMILES string of the molecule is CCn1c(SCc2cccc(Cl)c2)nnc1-c1ccc(Cl)cc1Cl. The van der Waals surface area contributed by atoms with Gasteiger partial charge in [0.05, 0.1) is 5.02 Å². The van der Waals surface area contributed by atoms with Gasteiger partial charge in [0.1, 0.15) is 0 Å². The van der Waals surface area contributed by atoms with Crippen LogP contribution in [-0.2, 0) is 12.3 Å². The molecule has 0 unspecified atom stereocenters. The normalized spacial score (nSPS) is 11.0. The van der Waals surface area contributed by atoms with Crippen LogP contribution in [0, 0.1) is 0 Å². The van der Waals surface area contributed by atoms with Crippen molar-refractivity contribution in [2.75, 3.05) is 0 Å². The zero-order valence-corrected chi connectivity index (χ0v) is 15.9. The molecule has 0 bridgehead atoms. The maximum absolute atomic E-state index is 6.31. The van der Waals surface area contributed by atoms with E-state index in [0.29, 0.717) is 10.0 Å². The number of nitrogens with zero attached hydrogens (tertiary/aromatic N) is 3. The van der Waals surface area contributed by atoms with E-state index in [9.17, 15) is 0 Å². The number of benzene rings is 2. The van der Waals surface area contributed by atoms with Gasteiger partial charge in [-0.3, -0.25) is 0 Å². The molecule has 3 nitrogen and oxygen atoms in total. The minimum absolute atomic E-state index is 0.566. The Hall–Kier alpha value is -1.20. The molecule has 3 aromatic rings. The summed E-state index contributed by atoms with van der Waals surface area (Å²) in [5, 5.41) is 11.4. The fourth-order valence-corrected chi connectivity index (χ4v) is 3.98. The summed E-state index contributed by atoms with van der Waals surface area (Å²) in [6.07, 6.45) is 0. The number of hydrogen-bond acceptors (Lipinski definition) is 3. The van der Waals surface area contributed by atoms with Crippen molar-refractivity contribution in [1.29, 1.82) is 0 Å². The molecule has 2 aromatic carbocycles. The second-order valence-corrected chi connectivity index (χ2v) is 7.32. The minimum atomic E-state index is 0.566. The fourth-order valence-electron chi connectivity index (χ4n) is 2.33. The van der Waals surface area contributed by atoms with Gasteiger partial charge in [-0.2, -0.15) is 0 Å². The quantitative estimate of drug-likeness (QED) is 0.478. The van der Waals surface area contributed by atoms with Crippen LogP contribution < -0.4 is 0 Å². The third-order valence-electron chi connectivity index (χ3n) is 3.46. The Morgan fingerprint density at radius 3 is 2.50 bits per heavy atom. The van der Waals surface area contributed by atoms with E-state index in [1.54, 1.807) is 23.9 Å². The lowest BCUT2D eigenvalue weighted by Crippen LogP contribution is -2.00. The first-order valence-electron chi connectivity index (χ1n) is 7.34. The molecule has 1 aromatic heterocycles. The third kappa shape index (κ3) is 3.89. The lowest BCUT2D eigenvalue weighted by atomic mass is 10.2. The molecule has 0 aliphatic rings. The summed E-state index contributed by atoms with van der Waals surface area (Å²) < 4.78 is 2.05. The summed E-state index contributed by atoms with van der Waals surface area (Å²) in [7, 11) is 0. The largest absolute Gasteiger partial charge is 0.302 e. The highest BCUT2D eigenvalue weighted by Gasteiger charge is 2.16. The molecule has 124 valence electrons. The molecule has 0 N–H and O–H groups in total. The Bertz CT molecular complexity index is 864. The van der Waals surface area contributed by atoms with Gasteiger partial charge in [-0.05, 0) is 42.8 Å². The smallest absolute Gasteiger partial charge is 0.191 e. The maximum atomic E-state index is 6.31. The monoisotopic (exact) mass is 397 g/mol. The van der Waals surface area contributed by atoms with Crippen molar-refractivity contribution in [3.05, 3.63) is 63.1 Å².